The minimum absolute atomic E-state index is 0.185. The highest BCUT2D eigenvalue weighted by atomic mass is 16.3. The molecule has 1 aromatic carbocycles. The Kier molecular flexibility index (Phi) is 3.28. The number of imide groups is 1. The first kappa shape index (κ1) is 16.5. The fourth-order valence-electron chi connectivity index (χ4n) is 5.53. The van der Waals surface area contributed by atoms with Gasteiger partial charge in [0.05, 0.1) is 29.7 Å². The van der Waals surface area contributed by atoms with E-state index in [1.165, 1.54) is 6.21 Å². The first-order chi connectivity index (χ1) is 14.2. The molecule has 2 bridgehead atoms. The van der Waals surface area contributed by atoms with E-state index in [1.807, 2.05) is 12.1 Å². The lowest BCUT2D eigenvalue weighted by Crippen LogP contribution is -2.40. The molecule has 2 heterocycles. The molecule has 0 radical (unpaired) electrons. The zero-order valence-electron chi connectivity index (χ0n) is 15.4. The maximum Gasteiger partial charge on any atom is 0.254 e. The third-order valence-electron chi connectivity index (χ3n) is 6.88. The van der Waals surface area contributed by atoms with Crippen LogP contribution in [0.4, 0.5) is 0 Å². The van der Waals surface area contributed by atoms with Gasteiger partial charge < -0.3 is 4.42 Å². The normalized spacial score (nSPS) is 33.8. The number of nitriles is 1. The molecule has 0 unspecified atom stereocenters. The fraction of sp³-hybridized carbons (Fsp3) is 0.304. The first-order valence-corrected chi connectivity index (χ1v) is 9.87. The highest BCUT2D eigenvalue weighted by Gasteiger charge is 2.67. The summed E-state index contributed by atoms with van der Waals surface area (Å²) in [4.78, 5) is 25.9. The van der Waals surface area contributed by atoms with Crippen molar-refractivity contribution in [1.29, 1.82) is 5.26 Å². The van der Waals surface area contributed by atoms with Gasteiger partial charge in [0.2, 0.25) is 0 Å². The number of nitrogens with zero attached hydrogens (tertiary/aromatic N) is 3. The second-order valence-corrected chi connectivity index (χ2v) is 8.25. The summed E-state index contributed by atoms with van der Waals surface area (Å²) >= 11 is 0. The molecular formula is C23H17N3O3. The second-order valence-electron chi connectivity index (χ2n) is 8.25. The fourth-order valence-corrected chi connectivity index (χ4v) is 5.53. The summed E-state index contributed by atoms with van der Waals surface area (Å²) in [5.74, 6) is 1.57. The van der Waals surface area contributed by atoms with Crippen molar-refractivity contribution in [2.45, 2.75) is 6.42 Å². The lowest BCUT2D eigenvalue weighted by atomic mass is 9.63. The third kappa shape index (κ3) is 2.24. The summed E-state index contributed by atoms with van der Waals surface area (Å²) in [6.45, 7) is 0. The van der Waals surface area contributed by atoms with Crippen LogP contribution in [0.2, 0.25) is 0 Å². The second kappa shape index (κ2) is 5.77. The molecule has 5 aliphatic rings. The minimum atomic E-state index is -0.256. The number of rotatable bonds is 3. The summed E-state index contributed by atoms with van der Waals surface area (Å²) in [7, 11) is 0. The molecule has 2 saturated carbocycles. The van der Waals surface area contributed by atoms with Crippen LogP contribution >= 0.6 is 0 Å². The summed E-state index contributed by atoms with van der Waals surface area (Å²) in [6.07, 6.45) is 6.83. The van der Waals surface area contributed by atoms with Gasteiger partial charge in [0.1, 0.15) is 11.5 Å². The third-order valence-corrected chi connectivity index (χ3v) is 6.88. The molecule has 1 aromatic heterocycles. The smallest absolute Gasteiger partial charge is 0.254 e. The van der Waals surface area contributed by atoms with E-state index in [-0.39, 0.29) is 35.5 Å². The number of hydrazone groups is 1. The Morgan fingerprint density at radius 1 is 1.03 bits per heavy atom. The maximum absolute atomic E-state index is 12.9. The molecule has 0 N–H and O–H groups in total. The van der Waals surface area contributed by atoms with Crippen LogP contribution in [-0.2, 0) is 9.59 Å². The number of carbonyl (C=O) groups excluding carboxylic acids is 2. The lowest BCUT2D eigenvalue weighted by molar-refractivity contribution is -0.140. The Balaban J connectivity index is 1.26. The van der Waals surface area contributed by atoms with Crippen molar-refractivity contribution in [2.24, 2.45) is 40.6 Å². The Hall–Kier alpha value is -3.46. The van der Waals surface area contributed by atoms with Gasteiger partial charge in [-0.25, -0.2) is 0 Å². The van der Waals surface area contributed by atoms with Crippen molar-refractivity contribution >= 4 is 18.0 Å². The quantitative estimate of drug-likeness (QED) is 0.463. The molecule has 6 heteroatoms. The standard InChI is InChI=1S/C23H17N3O3/c24-10-12-3-1-2-4-14(12)19-8-5-13(29-19)11-25-26-22(27)20-15-6-7-16(18-9-17(15)18)21(20)23(26)28/h1-8,11,15-18,20-21H,9H2/b25-11-/t15-,16-,17-,18+,20-,21+/m1/s1. The van der Waals surface area contributed by atoms with Crippen LogP contribution in [0.25, 0.3) is 11.3 Å². The van der Waals surface area contributed by atoms with Crippen molar-refractivity contribution in [3.05, 3.63) is 59.9 Å². The Morgan fingerprint density at radius 2 is 1.72 bits per heavy atom. The van der Waals surface area contributed by atoms with Crippen molar-refractivity contribution in [2.75, 3.05) is 0 Å². The van der Waals surface area contributed by atoms with Crippen molar-refractivity contribution in [3.63, 3.8) is 0 Å². The van der Waals surface area contributed by atoms with Gasteiger partial charge >= 0.3 is 0 Å². The molecule has 1 saturated heterocycles. The van der Waals surface area contributed by atoms with E-state index in [1.54, 1.807) is 24.3 Å². The average molecular weight is 383 g/mol. The lowest BCUT2D eigenvalue weighted by Gasteiger charge is -2.37. The Morgan fingerprint density at radius 3 is 2.41 bits per heavy atom. The van der Waals surface area contributed by atoms with Gasteiger partial charge in [-0.3, -0.25) is 9.59 Å². The van der Waals surface area contributed by atoms with E-state index in [0.29, 0.717) is 34.5 Å². The highest BCUT2D eigenvalue weighted by molar-refractivity contribution is 6.06. The van der Waals surface area contributed by atoms with Crippen LogP contribution in [-0.4, -0.2) is 23.0 Å². The van der Waals surface area contributed by atoms with Gasteiger partial charge in [-0.15, -0.1) is 0 Å². The molecule has 1 aliphatic heterocycles. The number of allylic oxidation sites excluding steroid dienone is 2. The van der Waals surface area contributed by atoms with E-state index in [4.69, 9.17) is 4.42 Å². The number of benzene rings is 1. The van der Waals surface area contributed by atoms with E-state index in [0.717, 1.165) is 11.4 Å². The largest absolute Gasteiger partial charge is 0.455 e. The summed E-state index contributed by atoms with van der Waals surface area (Å²) in [5.41, 5.74) is 1.21. The van der Waals surface area contributed by atoms with Crippen LogP contribution in [0.15, 0.2) is 58.1 Å². The van der Waals surface area contributed by atoms with E-state index < -0.39 is 0 Å². The molecule has 6 nitrogen and oxygen atoms in total. The van der Waals surface area contributed by atoms with E-state index in [9.17, 15) is 14.9 Å². The van der Waals surface area contributed by atoms with E-state index in [2.05, 4.69) is 23.3 Å². The van der Waals surface area contributed by atoms with Crippen LogP contribution in [0.3, 0.4) is 0 Å². The summed E-state index contributed by atoms with van der Waals surface area (Å²) in [6, 6.07) is 12.8. The number of hydrogen-bond acceptors (Lipinski definition) is 5. The molecule has 2 amide bonds. The van der Waals surface area contributed by atoms with Crippen molar-refractivity contribution in [1.82, 2.24) is 5.01 Å². The molecule has 142 valence electrons. The molecule has 29 heavy (non-hydrogen) atoms. The molecule has 7 rings (SSSR count). The van der Waals surface area contributed by atoms with Crippen molar-refractivity contribution in [3.8, 4) is 17.4 Å². The van der Waals surface area contributed by atoms with E-state index >= 15 is 0 Å². The number of amides is 2. The molecule has 3 fully saturated rings. The van der Waals surface area contributed by atoms with Crippen LogP contribution in [0, 0.1) is 46.8 Å². The van der Waals surface area contributed by atoms with Crippen LogP contribution in [0.5, 0.6) is 0 Å². The predicted molar refractivity (Wildman–Crippen MR) is 103 cm³/mol. The maximum atomic E-state index is 12.9. The van der Waals surface area contributed by atoms with Crippen molar-refractivity contribution < 1.29 is 14.0 Å². The Bertz CT molecular complexity index is 1120. The van der Waals surface area contributed by atoms with Gasteiger partial charge in [0.25, 0.3) is 11.8 Å². The number of furan rings is 1. The van der Waals surface area contributed by atoms with Gasteiger partial charge in [-0.1, -0.05) is 24.3 Å². The molecule has 6 atom stereocenters. The molecule has 4 aliphatic carbocycles. The first-order valence-electron chi connectivity index (χ1n) is 9.87. The SMILES string of the molecule is N#Cc1ccccc1-c1ccc(/C=N\N2C(=O)[C@@H]3[C@@H]4C=C[C@H]([C@@H]5C[C@H]45)[C@@H]3C2=O)o1. The zero-order valence-corrected chi connectivity index (χ0v) is 15.4. The molecule has 2 aromatic rings. The molecule has 0 spiro atoms. The number of carbonyl (C=O) groups is 2. The zero-order chi connectivity index (χ0) is 19.7. The van der Waals surface area contributed by atoms with Gasteiger partial charge in [-0.2, -0.15) is 15.4 Å². The summed E-state index contributed by atoms with van der Waals surface area (Å²) < 4.78 is 5.78. The van der Waals surface area contributed by atoms with Gasteiger partial charge in [0.15, 0.2) is 0 Å². The summed E-state index contributed by atoms with van der Waals surface area (Å²) in [5, 5.41) is 14.5. The molecular weight excluding hydrogens is 366 g/mol. The highest BCUT2D eigenvalue weighted by Crippen LogP contribution is 2.65. The van der Waals surface area contributed by atoms with Gasteiger partial charge in [0, 0.05) is 5.56 Å². The monoisotopic (exact) mass is 383 g/mol. The predicted octanol–water partition coefficient (Wildman–Crippen LogP) is 3.21. The Labute approximate surface area is 167 Å². The van der Waals surface area contributed by atoms with Gasteiger partial charge in [-0.05, 0) is 54.4 Å². The minimum Gasteiger partial charge on any atom is -0.455 e. The van der Waals surface area contributed by atoms with Crippen LogP contribution in [0.1, 0.15) is 17.7 Å². The topological polar surface area (TPSA) is 86.7 Å². The van der Waals surface area contributed by atoms with Crippen LogP contribution < -0.4 is 0 Å². The number of hydrogen-bond donors (Lipinski definition) is 0. The average Bonchev–Trinajstić information content (AvgIpc) is 3.39.